The zero-order valence-corrected chi connectivity index (χ0v) is 13.0. The van der Waals surface area contributed by atoms with Crippen molar-refractivity contribution in [2.45, 2.75) is 19.9 Å². The Hall–Kier alpha value is 2.36. The summed E-state index contributed by atoms with van der Waals surface area (Å²) in [6, 6.07) is 0. The molecule has 0 aliphatic carbocycles. The number of alkyl halides is 4. The summed E-state index contributed by atoms with van der Waals surface area (Å²) in [5.74, 6) is 0. The van der Waals surface area contributed by atoms with E-state index in [-0.39, 0.29) is 24.1 Å². The first kappa shape index (κ1) is 14.9. The monoisotopic (exact) mass is 465 g/mol. The van der Waals surface area contributed by atoms with Crippen LogP contribution in [0.5, 0.6) is 0 Å². The highest BCUT2D eigenvalue weighted by molar-refractivity contribution is 9.39. The minimum atomic E-state index is -0.140. The van der Waals surface area contributed by atoms with Gasteiger partial charge in [-0.2, -0.15) is 0 Å². The highest BCUT2D eigenvalue weighted by Gasteiger charge is 2.17. The van der Waals surface area contributed by atoms with E-state index in [0.717, 1.165) is 12.8 Å². The third-order valence-electron chi connectivity index (χ3n) is 0.704. The van der Waals surface area contributed by atoms with E-state index in [1.54, 1.807) is 0 Å². The Morgan fingerprint density at radius 3 is 1.80 bits per heavy atom. The molecular weight excluding hydrogens is 462 g/mol. The fourth-order valence-electron chi connectivity index (χ4n) is 0.302. The topological polar surface area (TPSA) is 26.0 Å². The van der Waals surface area contributed by atoms with Crippen molar-refractivity contribution < 1.29 is 0 Å². The molecule has 0 aromatic carbocycles. The molecule has 0 heterocycles. The van der Waals surface area contributed by atoms with Gasteiger partial charge < -0.3 is 5.73 Å². The molecule has 1 unspecified atom stereocenters. The predicted octanol–water partition coefficient (Wildman–Crippen LogP) is 3.86. The van der Waals surface area contributed by atoms with Gasteiger partial charge in [0.05, 0.1) is 4.95 Å². The average Bonchev–Trinajstić information content (AvgIpc) is 1.59. The molecule has 0 bridgehead atoms. The van der Waals surface area contributed by atoms with Crippen LogP contribution in [0.15, 0.2) is 0 Å². The number of hydrogen-bond acceptors (Lipinski definition) is 1. The van der Waals surface area contributed by atoms with Gasteiger partial charge in [-0.15, -0.1) is 17.0 Å². The Morgan fingerprint density at radius 2 is 1.70 bits per heavy atom. The molecule has 0 aromatic rings. The highest BCUT2D eigenvalue weighted by atomic mass is 80.0. The van der Waals surface area contributed by atoms with Gasteiger partial charge in [0.1, 0.15) is 2.14 Å². The molecule has 0 rings (SSSR count). The van der Waals surface area contributed by atoms with Crippen molar-refractivity contribution in [3.05, 3.63) is 0 Å². The van der Waals surface area contributed by atoms with Crippen molar-refractivity contribution in [2.24, 2.45) is 5.73 Å². The lowest BCUT2D eigenvalue weighted by Gasteiger charge is -2.11. The van der Waals surface area contributed by atoms with Crippen LogP contribution in [0.1, 0.15) is 12.8 Å². The van der Waals surface area contributed by atoms with Crippen molar-refractivity contribution in [2.75, 3.05) is 0 Å². The van der Waals surface area contributed by atoms with E-state index in [1.165, 1.54) is 0 Å². The lowest BCUT2D eigenvalue weighted by molar-refractivity contribution is 0.762. The van der Waals surface area contributed by atoms with Gasteiger partial charge in [-0.05, 0) is 12.8 Å². The summed E-state index contributed by atoms with van der Waals surface area (Å²) in [5, 5.41) is 0. The average molecular weight is 470 g/mol. The molecule has 0 spiro atoms. The second-order valence-corrected chi connectivity index (χ2v) is 10.1. The van der Waals surface area contributed by atoms with Gasteiger partial charge >= 0.3 is 0 Å². The Balaban J connectivity index is 0. The predicted molar refractivity (Wildman–Crippen MR) is 66.0 cm³/mol. The SMILES string of the molecule is Br.NC(Br)CCC(Br)(Br)Br. The zero-order chi connectivity index (χ0) is 7.49. The quantitative estimate of drug-likeness (QED) is 0.482. The summed E-state index contributed by atoms with van der Waals surface area (Å²) in [6.07, 6.45) is 1.85. The van der Waals surface area contributed by atoms with Crippen molar-refractivity contribution >= 4 is 80.7 Å². The fraction of sp³-hybridized carbons (Fsp3) is 1.00. The number of rotatable bonds is 2. The molecule has 10 heavy (non-hydrogen) atoms. The van der Waals surface area contributed by atoms with Crippen LogP contribution in [-0.2, 0) is 0 Å². The Morgan fingerprint density at radius 1 is 1.30 bits per heavy atom. The van der Waals surface area contributed by atoms with E-state index in [4.69, 9.17) is 5.73 Å². The number of nitrogens with two attached hydrogens (primary N) is 1. The summed E-state index contributed by atoms with van der Waals surface area (Å²) >= 11 is 13.3. The van der Waals surface area contributed by atoms with Gasteiger partial charge in [-0.3, -0.25) is 0 Å². The molecular formula is C4H8Br5N. The molecule has 0 saturated heterocycles. The van der Waals surface area contributed by atoms with Crippen molar-refractivity contribution in [1.82, 2.24) is 0 Å². The maximum atomic E-state index is 5.45. The third-order valence-corrected chi connectivity index (χ3v) is 2.35. The van der Waals surface area contributed by atoms with Crippen LogP contribution < -0.4 is 5.73 Å². The normalized spacial score (nSPS) is 14.1. The summed E-state index contributed by atoms with van der Waals surface area (Å²) in [5.41, 5.74) is 5.45. The van der Waals surface area contributed by atoms with E-state index in [1.807, 2.05) is 0 Å². The number of hydrogen-bond donors (Lipinski definition) is 1. The van der Waals surface area contributed by atoms with Gasteiger partial charge in [0.2, 0.25) is 0 Å². The smallest absolute Gasteiger partial charge is 0.135 e. The van der Waals surface area contributed by atoms with Crippen LogP contribution in [0.3, 0.4) is 0 Å². The third kappa shape index (κ3) is 13.0. The molecule has 0 amide bonds. The molecule has 2 N–H and O–H groups in total. The maximum Gasteiger partial charge on any atom is 0.135 e. The first-order valence-corrected chi connectivity index (χ1v) is 5.67. The fourth-order valence-corrected chi connectivity index (χ4v) is 1.22. The first-order chi connectivity index (χ1) is 3.92. The molecule has 0 fully saturated rings. The molecule has 0 aliphatic rings. The molecule has 0 aromatic heterocycles. The van der Waals surface area contributed by atoms with E-state index < -0.39 is 0 Å². The minimum absolute atomic E-state index is 0. The van der Waals surface area contributed by atoms with Crippen molar-refractivity contribution in [1.29, 1.82) is 0 Å². The van der Waals surface area contributed by atoms with Crippen molar-refractivity contribution in [3.8, 4) is 0 Å². The molecule has 64 valence electrons. The van der Waals surface area contributed by atoms with Gasteiger partial charge in [-0.25, -0.2) is 0 Å². The van der Waals surface area contributed by atoms with E-state index in [9.17, 15) is 0 Å². The molecule has 0 aliphatic heterocycles. The summed E-state index contributed by atoms with van der Waals surface area (Å²) in [4.78, 5) is 0.0875. The number of halogens is 5. The zero-order valence-electron chi connectivity index (χ0n) is 4.99. The lowest BCUT2D eigenvalue weighted by Crippen LogP contribution is -2.13. The second-order valence-electron chi connectivity index (χ2n) is 1.67. The molecule has 1 nitrogen and oxygen atoms in total. The van der Waals surface area contributed by atoms with Gasteiger partial charge in [0.25, 0.3) is 0 Å². The molecule has 1 atom stereocenters. The van der Waals surface area contributed by atoms with E-state index >= 15 is 0 Å². The van der Waals surface area contributed by atoms with E-state index in [2.05, 4.69) is 63.7 Å². The van der Waals surface area contributed by atoms with E-state index in [0.29, 0.717) is 0 Å². The summed E-state index contributed by atoms with van der Waals surface area (Å²) < 4.78 is -0.140. The summed E-state index contributed by atoms with van der Waals surface area (Å²) in [6.45, 7) is 0. The molecule has 6 heteroatoms. The van der Waals surface area contributed by atoms with Crippen LogP contribution in [0.25, 0.3) is 0 Å². The first-order valence-electron chi connectivity index (χ1n) is 2.38. The largest absolute Gasteiger partial charge is 0.319 e. The Bertz CT molecular complexity index is 78.2. The highest BCUT2D eigenvalue weighted by Crippen LogP contribution is 2.38. The van der Waals surface area contributed by atoms with Gasteiger partial charge in [0, 0.05) is 0 Å². The molecule has 0 radical (unpaired) electrons. The van der Waals surface area contributed by atoms with Gasteiger partial charge in [-0.1, -0.05) is 63.7 Å². The maximum absolute atomic E-state index is 5.45. The second kappa shape index (κ2) is 6.83. The summed E-state index contributed by atoms with van der Waals surface area (Å²) in [7, 11) is 0. The van der Waals surface area contributed by atoms with Crippen LogP contribution in [0.4, 0.5) is 0 Å². The standard InChI is InChI=1S/C4H7Br4N.BrH/c5-3(9)1-2-4(6,7)8;/h3H,1-2,9H2;1H. The van der Waals surface area contributed by atoms with Crippen LogP contribution >= 0.6 is 80.7 Å². The van der Waals surface area contributed by atoms with Gasteiger partial charge in [0.15, 0.2) is 0 Å². The van der Waals surface area contributed by atoms with Crippen LogP contribution in [0, 0.1) is 0 Å². The van der Waals surface area contributed by atoms with Crippen LogP contribution in [-0.4, -0.2) is 7.09 Å². The van der Waals surface area contributed by atoms with Crippen LogP contribution in [0.2, 0.25) is 0 Å². The Kier molecular flexibility index (Phi) is 10.2. The van der Waals surface area contributed by atoms with Crippen molar-refractivity contribution in [3.63, 3.8) is 0 Å². The lowest BCUT2D eigenvalue weighted by atomic mass is 10.3. The minimum Gasteiger partial charge on any atom is -0.319 e. The molecule has 0 saturated carbocycles. The Labute approximate surface area is 105 Å².